The first kappa shape index (κ1) is 38.2. The second kappa shape index (κ2) is 16.4. The van der Waals surface area contributed by atoms with E-state index in [1.165, 1.54) is 5.57 Å². The van der Waals surface area contributed by atoms with E-state index in [-0.39, 0.29) is 36.6 Å². The summed E-state index contributed by atoms with van der Waals surface area (Å²) < 4.78 is 0. The normalized spacial score (nSPS) is 32.5. The van der Waals surface area contributed by atoms with Gasteiger partial charge in [0.2, 0.25) is 0 Å². The van der Waals surface area contributed by atoms with E-state index in [1.54, 1.807) is 0 Å². The van der Waals surface area contributed by atoms with Crippen molar-refractivity contribution in [3.8, 4) is 0 Å². The molecule has 3 saturated carbocycles. The summed E-state index contributed by atoms with van der Waals surface area (Å²) in [7, 11) is 0. The summed E-state index contributed by atoms with van der Waals surface area (Å²) in [6.07, 6.45) is 12.7. The summed E-state index contributed by atoms with van der Waals surface area (Å²) >= 11 is 0. The fraction of sp³-hybridized carbons (Fsp3) is 0.585. The number of hydrogen-bond donors (Lipinski definition) is 6. The van der Waals surface area contributed by atoms with Gasteiger partial charge < -0.3 is 31.9 Å². The minimum Gasteiger partial charge on any atom is -0.396 e. The zero-order valence-electron chi connectivity index (χ0n) is 29.6. The van der Waals surface area contributed by atoms with Gasteiger partial charge >= 0.3 is 0 Å². The predicted molar refractivity (Wildman–Crippen MR) is 194 cm³/mol. The van der Waals surface area contributed by atoms with Crippen molar-refractivity contribution < 1.29 is 25.2 Å². The SMILES string of the molecule is C=C(/C=C/C=C1\[C@H]2[C@@H](CCC[C@H]1O)C[C@@]1([C@H](CCCO)/C(=C(\C)C(=O)Cc3cccc(C(N)N)c3)CC[C@@]1(C)O)[C@@H]2O)CCC=C(C)C. The molecule has 3 fully saturated rings. The molecule has 4 rings (SSSR count). The Balaban J connectivity index is 1.72. The van der Waals surface area contributed by atoms with Crippen molar-refractivity contribution >= 4 is 5.78 Å². The number of carbonyl (C=O) groups excluding carboxylic acids is 1. The molecular weight excluding hydrogens is 600 g/mol. The quantitative estimate of drug-likeness (QED) is 0.0669. The number of nitrogens with two attached hydrogens (primary N) is 2. The number of Topliss-reactive ketones (excluding diaryl/α,β-unsaturated/α-hetero) is 1. The molecular formula is C41H60N2O5. The van der Waals surface area contributed by atoms with Gasteiger partial charge in [-0.1, -0.05) is 78.3 Å². The van der Waals surface area contributed by atoms with Gasteiger partial charge in [0.05, 0.1) is 24.0 Å². The molecule has 0 saturated heterocycles. The van der Waals surface area contributed by atoms with Crippen molar-refractivity contribution in [1.29, 1.82) is 0 Å². The number of ketones is 1. The molecule has 7 atom stereocenters. The average molecular weight is 661 g/mol. The van der Waals surface area contributed by atoms with Crippen LogP contribution in [-0.4, -0.2) is 50.6 Å². The van der Waals surface area contributed by atoms with E-state index in [4.69, 9.17) is 11.5 Å². The number of hydrogen-bond acceptors (Lipinski definition) is 7. The van der Waals surface area contributed by atoms with Crippen molar-refractivity contribution in [2.45, 2.75) is 122 Å². The molecule has 0 aromatic heterocycles. The van der Waals surface area contributed by atoms with Gasteiger partial charge in [0.15, 0.2) is 5.78 Å². The van der Waals surface area contributed by atoms with Crippen molar-refractivity contribution in [3.63, 3.8) is 0 Å². The van der Waals surface area contributed by atoms with Gasteiger partial charge in [-0.15, -0.1) is 0 Å². The molecule has 0 radical (unpaired) electrons. The molecule has 0 amide bonds. The van der Waals surface area contributed by atoms with Crippen LogP contribution in [0.2, 0.25) is 0 Å². The Hall–Kier alpha value is -2.65. The lowest BCUT2D eigenvalue weighted by Gasteiger charge is -2.56. The Bertz CT molecular complexity index is 1430. The molecule has 3 aliphatic rings. The third-order valence-electron chi connectivity index (χ3n) is 11.6. The fourth-order valence-corrected chi connectivity index (χ4v) is 9.05. The van der Waals surface area contributed by atoms with Crippen molar-refractivity contribution in [3.05, 3.63) is 94.1 Å². The maximum absolute atomic E-state index is 13.9. The van der Waals surface area contributed by atoms with Crippen LogP contribution in [0.1, 0.15) is 109 Å². The maximum atomic E-state index is 13.9. The Morgan fingerprint density at radius 3 is 2.60 bits per heavy atom. The predicted octanol–water partition coefficient (Wildman–Crippen LogP) is 6.28. The molecule has 48 heavy (non-hydrogen) atoms. The molecule has 7 heteroatoms. The first-order chi connectivity index (χ1) is 22.7. The topological polar surface area (TPSA) is 150 Å². The van der Waals surface area contributed by atoms with Crippen LogP contribution in [0.15, 0.2) is 83.0 Å². The van der Waals surface area contributed by atoms with Gasteiger partial charge in [0, 0.05) is 24.4 Å². The van der Waals surface area contributed by atoms with E-state index < -0.39 is 29.4 Å². The van der Waals surface area contributed by atoms with Gasteiger partial charge in [0.1, 0.15) is 0 Å². The summed E-state index contributed by atoms with van der Waals surface area (Å²) in [5.74, 6) is -0.565. The lowest BCUT2D eigenvalue weighted by Crippen LogP contribution is -2.59. The Labute approximate surface area is 288 Å². The highest BCUT2D eigenvalue weighted by Gasteiger charge is 2.67. The molecule has 0 aliphatic heterocycles. The summed E-state index contributed by atoms with van der Waals surface area (Å²) in [6, 6.07) is 7.48. The molecule has 1 aromatic rings. The van der Waals surface area contributed by atoms with E-state index in [0.717, 1.165) is 53.5 Å². The van der Waals surface area contributed by atoms with Gasteiger partial charge in [-0.3, -0.25) is 4.79 Å². The van der Waals surface area contributed by atoms with Crippen LogP contribution in [0.5, 0.6) is 0 Å². The number of aliphatic hydroxyl groups is 4. The highest BCUT2D eigenvalue weighted by atomic mass is 16.3. The van der Waals surface area contributed by atoms with Gasteiger partial charge in [0.25, 0.3) is 0 Å². The van der Waals surface area contributed by atoms with Crippen LogP contribution in [-0.2, 0) is 11.2 Å². The molecule has 1 spiro atoms. The van der Waals surface area contributed by atoms with E-state index >= 15 is 0 Å². The first-order valence-corrected chi connectivity index (χ1v) is 17.9. The molecule has 264 valence electrons. The maximum Gasteiger partial charge on any atom is 0.162 e. The summed E-state index contributed by atoms with van der Waals surface area (Å²) in [6.45, 7) is 12.1. The Kier molecular flexibility index (Phi) is 13.0. The standard InChI is InChI=1S/C41H60N2O5/c1-26(2)11-6-12-27(3)13-7-17-33-35(45)19-9-16-31-25-41(38(47)37(31)33)34(18-10-22-44)32(20-21-40(41,5)48)28(4)36(46)24-29-14-8-15-30(23-29)39(42)43/h7-8,11,13-15,17,23,31,34-35,37-39,44-45,47-48H,3,6,9-10,12,16,18-22,24-25,42-43H2,1-2,4-5H3/b13-7+,32-28+,33-17-/t31-,34+,35+,37+,38+,40+,41+/m0/s1. The molecule has 0 unspecified atom stereocenters. The second-order valence-corrected chi connectivity index (χ2v) is 15.1. The van der Waals surface area contributed by atoms with E-state index in [1.807, 2.05) is 56.3 Å². The first-order valence-electron chi connectivity index (χ1n) is 17.9. The van der Waals surface area contributed by atoms with Gasteiger partial charge in [-0.05, 0) is 120 Å². The number of rotatable bonds is 12. The second-order valence-electron chi connectivity index (χ2n) is 15.1. The molecule has 0 heterocycles. The minimum atomic E-state index is -1.21. The monoisotopic (exact) mass is 660 g/mol. The highest BCUT2D eigenvalue weighted by Crippen LogP contribution is 2.66. The van der Waals surface area contributed by atoms with Crippen molar-refractivity contribution in [1.82, 2.24) is 0 Å². The zero-order chi connectivity index (χ0) is 35.2. The number of benzene rings is 1. The van der Waals surface area contributed by atoms with Crippen LogP contribution in [0.25, 0.3) is 0 Å². The third-order valence-corrected chi connectivity index (χ3v) is 11.6. The molecule has 3 aliphatic carbocycles. The van der Waals surface area contributed by atoms with Gasteiger partial charge in [-0.2, -0.15) is 0 Å². The fourth-order valence-electron chi connectivity index (χ4n) is 9.05. The van der Waals surface area contributed by atoms with Crippen LogP contribution in [0, 0.1) is 23.2 Å². The summed E-state index contributed by atoms with van der Waals surface area (Å²) in [4.78, 5) is 13.9. The smallest absolute Gasteiger partial charge is 0.162 e. The Morgan fingerprint density at radius 2 is 1.92 bits per heavy atom. The van der Waals surface area contributed by atoms with Crippen LogP contribution < -0.4 is 11.5 Å². The molecule has 7 nitrogen and oxygen atoms in total. The zero-order valence-corrected chi connectivity index (χ0v) is 29.6. The highest BCUT2D eigenvalue weighted by molar-refractivity contribution is 5.97. The number of aliphatic hydroxyl groups excluding tert-OH is 3. The van der Waals surface area contributed by atoms with E-state index in [2.05, 4.69) is 26.5 Å². The molecule has 8 N–H and O–H groups in total. The van der Waals surface area contributed by atoms with Gasteiger partial charge in [-0.25, -0.2) is 0 Å². The lowest BCUT2D eigenvalue weighted by atomic mass is 9.52. The van der Waals surface area contributed by atoms with E-state index in [9.17, 15) is 25.2 Å². The minimum absolute atomic E-state index is 0.00824. The van der Waals surface area contributed by atoms with Crippen molar-refractivity contribution in [2.24, 2.45) is 34.6 Å². The van der Waals surface area contributed by atoms with Crippen LogP contribution in [0.4, 0.5) is 0 Å². The number of fused-ring (bicyclic) bond motifs is 1. The summed E-state index contributed by atoms with van der Waals surface area (Å²) in [5.41, 5.74) is 16.0. The Morgan fingerprint density at radius 1 is 1.17 bits per heavy atom. The molecule has 0 bridgehead atoms. The van der Waals surface area contributed by atoms with Crippen molar-refractivity contribution in [2.75, 3.05) is 6.61 Å². The third kappa shape index (κ3) is 8.20. The number of allylic oxidation sites excluding steroid dienone is 8. The molecule has 1 aromatic carbocycles. The lowest BCUT2D eigenvalue weighted by molar-refractivity contribution is -0.168. The van der Waals surface area contributed by atoms with Crippen LogP contribution in [0.3, 0.4) is 0 Å². The van der Waals surface area contributed by atoms with E-state index in [0.29, 0.717) is 44.1 Å². The number of carbonyl (C=O) groups is 1. The summed E-state index contributed by atoms with van der Waals surface area (Å²) in [5, 5.41) is 46.3. The largest absolute Gasteiger partial charge is 0.396 e. The van der Waals surface area contributed by atoms with Crippen LogP contribution >= 0.6 is 0 Å². The average Bonchev–Trinajstić information content (AvgIpc) is 3.22.